The monoisotopic (exact) mass is 336 g/mol. The molecule has 3 aromatic heterocycles. The smallest absolute Gasteiger partial charge is 0.262 e. The van der Waals surface area contributed by atoms with Crippen molar-refractivity contribution >= 4 is 16.7 Å². The van der Waals surface area contributed by atoms with Gasteiger partial charge in [-0.3, -0.25) is 13.8 Å². The first-order valence-electron chi connectivity index (χ1n) is 8.31. The zero-order chi connectivity index (χ0) is 17.7. The van der Waals surface area contributed by atoms with Gasteiger partial charge in [-0.05, 0) is 19.1 Å². The lowest BCUT2D eigenvalue weighted by atomic mass is 10.1. The fraction of sp³-hybridized carbons (Fsp3) is 0.333. The summed E-state index contributed by atoms with van der Waals surface area (Å²) < 4.78 is 5.59. The van der Waals surface area contributed by atoms with Gasteiger partial charge in [-0.2, -0.15) is 0 Å². The van der Waals surface area contributed by atoms with E-state index in [0.29, 0.717) is 23.6 Å². The molecule has 0 atom stereocenters. The zero-order valence-electron chi connectivity index (χ0n) is 14.8. The summed E-state index contributed by atoms with van der Waals surface area (Å²) in [5.74, 6) is 2.64. The van der Waals surface area contributed by atoms with Crippen molar-refractivity contribution in [1.29, 1.82) is 0 Å². The summed E-state index contributed by atoms with van der Waals surface area (Å²) in [7, 11) is 1.73. The molecule has 4 rings (SSSR count). The third-order valence-electron chi connectivity index (χ3n) is 4.52. The molecule has 0 aliphatic rings. The summed E-state index contributed by atoms with van der Waals surface area (Å²) in [6.07, 6.45) is 3.75. The first kappa shape index (κ1) is 15.6. The second-order valence-corrected chi connectivity index (χ2v) is 6.70. The minimum Gasteiger partial charge on any atom is -0.327 e. The van der Waals surface area contributed by atoms with Crippen LogP contribution in [0.15, 0.2) is 35.4 Å². The Labute approximate surface area is 144 Å². The van der Waals surface area contributed by atoms with Gasteiger partial charge in [-0.1, -0.05) is 25.5 Å². The van der Waals surface area contributed by atoms with Crippen LogP contribution in [0.3, 0.4) is 0 Å². The van der Waals surface area contributed by atoms with Crippen LogP contribution in [0, 0.1) is 6.92 Å². The fourth-order valence-electron chi connectivity index (χ4n) is 3.27. The fourth-order valence-corrected chi connectivity index (χ4v) is 3.27. The topological polar surface area (TPSA) is 70.0 Å². The highest BCUT2D eigenvalue weighted by Gasteiger charge is 2.16. The average molecular weight is 336 g/mol. The lowest BCUT2D eigenvalue weighted by molar-refractivity contribution is 0.646. The van der Waals surface area contributed by atoms with Crippen molar-refractivity contribution in [3.63, 3.8) is 0 Å². The molecule has 0 amide bonds. The molecule has 7 heteroatoms. The molecule has 0 radical (unpaired) electrons. The summed E-state index contributed by atoms with van der Waals surface area (Å²) in [4.78, 5) is 17.1. The van der Waals surface area contributed by atoms with Gasteiger partial charge in [0.15, 0.2) is 5.82 Å². The van der Waals surface area contributed by atoms with Crippen molar-refractivity contribution in [3.8, 4) is 0 Å². The van der Waals surface area contributed by atoms with Crippen molar-refractivity contribution in [1.82, 2.24) is 28.7 Å². The Bertz CT molecular complexity index is 1150. The van der Waals surface area contributed by atoms with E-state index in [1.165, 1.54) is 0 Å². The molecule has 0 saturated heterocycles. The molecule has 0 N–H and O–H groups in total. The van der Waals surface area contributed by atoms with Gasteiger partial charge in [-0.15, -0.1) is 10.2 Å². The minimum absolute atomic E-state index is 0.0596. The highest BCUT2D eigenvalue weighted by molar-refractivity contribution is 5.81. The van der Waals surface area contributed by atoms with Crippen molar-refractivity contribution in [2.24, 2.45) is 7.05 Å². The van der Waals surface area contributed by atoms with Crippen LogP contribution in [-0.4, -0.2) is 28.7 Å². The number of hydrogen-bond acceptors (Lipinski definition) is 4. The van der Waals surface area contributed by atoms with E-state index in [2.05, 4.69) is 33.6 Å². The summed E-state index contributed by atoms with van der Waals surface area (Å²) in [5.41, 5.74) is 1.82. The Morgan fingerprint density at radius 2 is 2.00 bits per heavy atom. The van der Waals surface area contributed by atoms with E-state index in [0.717, 1.165) is 22.7 Å². The van der Waals surface area contributed by atoms with Gasteiger partial charge in [0.05, 0.1) is 17.4 Å². The number of rotatable bonds is 3. The number of benzene rings is 1. The van der Waals surface area contributed by atoms with Crippen LogP contribution in [0.5, 0.6) is 0 Å². The lowest BCUT2D eigenvalue weighted by Gasteiger charge is -2.11. The van der Waals surface area contributed by atoms with Crippen LogP contribution in [0.25, 0.3) is 16.7 Å². The van der Waals surface area contributed by atoms with Crippen LogP contribution in [0.1, 0.15) is 37.0 Å². The van der Waals surface area contributed by atoms with E-state index in [9.17, 15) is 4.79 Å². The predicted octanol–water partition coefficient (Wildman–Crippen LogP) is 2.26. The molecule has 0 bridgehead atoms. The molecule has 0 fully saturated rings. The Balaban J connectivity index is 1.98. The van der Waals surface area contributed by atoms with E-state index in [4.69, 9.17) is 0 Å². The summed E-state index contributed by atoms with van der Waals surface area (Å²) in [5, 5.41) is 9.27. The summed E-state index contributed by atoms with van der Waals surface area (Å²) in [6, 6.07) is 5.88. The molecule has 0 aliphatic heterocycles. The van der Waals surface area contributed by atoms with Crippen LogP contribution in [-0.2, 0) is 13.6 Å². The molecular weight excluding hydrogens is 316 g/mol. The highest BCUT2D eigenvalue weighted by atomic mass is 16.1. The van der Waals surface area contributed by atoms with Crippen LogP contribution in [0.4, 0.5) is 0 Å². The minimum atomic E-state index is -0.0596. The maximum absolute atomic E-state index is 12.6. The number of aromatic nitrogens is 6. The van der Waals surface area contributed by atoms with Gasteiger partial charge in [0.25, 0.3) is 5.56 Å². The van der Waals surface area contributed by atoms with E-state index >= 15 is 0 Å². The number of fused-ring (bicyclic) bond motifs is 3. The molecule has 0 saturated carbocycles. The van der Waals surface area contributed by atoms with Crippen molar-refractivity contribution in [2.45, 2.75) is 33.2 Å². The van der Waals surface area contributed by atoms with Crippen molar-refractivity contribution in [3.05, 3.63) is 58.2 Å². The molecular formula is C18H20N6O. The van der Waals surface area contributed by atoms with Gasteiger partial charge in [0, 0.05) is 25.4 Å². The lowest BCUT2D eigenvalue weighted by Crippen LogP contribution is -2.21. The van der Waals surface area contributed by atoms with E-state index in [1.807, 2.05) is 35.7 Å². The highest BCUT2D eigenvalue weighted by Crippen LogP contribution is 2.18. The van der Waals surface area contributed by atoms with Gasteiger partial charge in [0.1, 0.15) is 5.82 Å². The standard InChI is InChI=1S/C18H20N6O/c1-11(2)16-19-7-8-23(16)10-15-20-21-18-22(4)17(25)13-9-12(3)5-6-14(13)24(15)18/h5-9,11H,10H2,1-4H3. The number of hydrogen-bond donors (Lipinski definition) is 0. The SMILES string of the molecule is Cc1ccc2c(c1)c(=O)n(C)c1nnc(Cn3ccnc3C(C)C)n21. The largest absolute Gasteiger partial charge is 0.327 e. The number of aryl methyl sites for hydroxylation is 2. The van der Waals surface area contributed by atoms with Gasteiger partial charge in [0.2, 0.25) is 5.78 Å². The number of nitrogens with zero attached hydrogens (tertiary/aromatic N) is 6. The van der Waals surface area contributed by atoms with Crippen LogP contribution < -0.4 is 5.56 Å². The predicted molar refractivity (Wildman–Crippen MR) is 95.9 cm³/mol. The Kier molecular flexibility index (Phi) is 3.45. The first-order chi connectivity index (χ1) is 12.0. The quantitative estimate of drug-likeness (QED) is 0.575. The maximum atomic E-state index is 12.6. The van der Waals surface area contributed by atoms with Crippen LogP contribution >= 0.6 is 0 Å². The maximum Gasteiger partial charge on any atom is 0.262 e. The third kappa shape index (κ3) is 2.34. The van der Waals surface area contributed by atoms with Crippen LogP contribution in [0.2, 0.25) is 0 Å². The van der Waals surface area contributed by atoms with Gasteiger partial charge >= 0.3 is 0 Å². The first-order valence-corrected chi connectivity index (χ1v) is 8.31. The molecule has 4 aromatic rings. The molecule has 1 aromatic carbocycles. The van der Waals surface area contributed by atoms with Crippen molar-refractivity contribution in [2.75, 3.05) is 0 Å². The summed E-state index contributed by atoms with van der Waals surface area (Å²) >= 11 is 0. The second-order valence-electron chi connectivity index (χ2n) is 6.70. The third-order valence-corrected chi connectivity index (χ3v) is 4.52. The van der Waals surface area contributed by atoms with Gasteiger partial charge in [-0.25, -0.2) is 4.98 Å². The molecule has 0 aliphatic carbocycles. The van der Waals surface area contributed by atoms with Crippen molar-refractivity contribution < 1.29 is 0 Å². The normalized spacial score (nSPS) is 11.9. The van der Waals surface area contributed by atoms with E-state index in [1.54, 1.807) is 17.8 Å². The Hall–Kier alpha value is -2.96. The molecule has 0 unspecified atom stereocenters. The zero-order valence-corrected chi connectivity index (χ0v) is 14.8. The van der Waals surface area contributed by atoms with Gasteiger partial charge < -0.3 is 4.57 Å². The molecule has 3 heterocycles. The number of imidazole rings is 1. The average Bonchev–Trinajstić information content (AvgIpc) is 3.20. The molecule has 7 nitrogen and oxygen atoms in total. The van der Waals surface area contributed by atoms with E-state index < -0.39 is 0 Å². The second kappa shape index (κ2) is 5.54. The Morgan fingerprint density at radius 1 is 1.20 bits per heavy atom. The molecule has 0 spiro atoms. The Morgan fingerprint density at radius 3 is 2.76 bits per heavy atom. The summed E-state index contributed by atoms with van der Waals surface area (Å²) in [6.45, 7) is 6.76. The van der Waals surface area contributed by atoms with E-state index in [-0.39, 0.29) is 5.56 Å². The molecule has 25 heavy (non-hydrogen) atoms. The molecule has 128 valence electrons.